The van der Waals surface area contributed by atoms with Crippen molar-refractivity contribution in [2.24, 2.45) is 5.92 Å². The van der Waals surface area contributed by atoms with E-state index in [-0.39, 0.29) is 36.4 Å². The zero-order valence-corrected chi connectivity index (χ0v) is 12.7. The molecule has 0 radical (unpaired) electrons. The number of benzene rings is 1. The van der Waals surface area contributed by atoms with Gasteiger partial charge in [-0.25, -0.2) is 4.79 Å². The second-order valence-corrected chi connectivity index (χ2v) is 5.46. The molecule has 3 atom stereocenters. The number of hydrogen-bond acceptors (Lipinski definition) is 3. The smallest absolute Gasteiger partial charge is 0.387 e. The zero-order valence-electron chi connectivity index (χ0n) is 12.7. The summed E-state index contributed by atoms with van der Waals surface area (Å²) < 4.78 is 28.5. The monoisotopic (exact) mass is 326 g/mol. The number of aliphatic hydroxyl groups is 1. The second-order valence-electron chi connectivity index (χ2n) is 5.46. The van der Waals surface area contributed by atoms with E-state index in [1.807, 2.05) is 12.2 Å². The largest absolute Gasteiger partial charge is 0.435 e. The number of urea groups is 1. The predicted octanol–water partition coefficient (Wildman–Crippen LogP) is 2.59. The Morgan fingerprint density at radius 2 is 2.04 bits per heavy atom. The van der Waals surface area contributed by atoms with Gasteiger partial charge in [0.05, 0.1) is 6.04 Å². The van der Waals surface area contributed by atoms with E-state index in [4.69, 9.17) is 5.11 Å². The van der Waals surface area contributed by atoms with Crippen molar-refractivity contribution < 1.29 is 23.4 Å². The molecule has 1 unspecified atom stereocenters. The Balaban J connectivity index is 1.82. The summed E-state index contributed by atoms with van der Waals surface area (Å²) in [4.78, 5) is 11.9. The van der Waals surface area contributed by atoms with Crippen molar-refractivity contribution in [3.8, 4) is 5.75 Å². The Labute approximate surface area is 133 Å². The fourth-order valence-electron chi connectivity index (χ4n) is 2.44. The Bertz CT molecular complexity index is 549. The van der Waals surface area contributed by atoms with Crippen LogP contribution in [0.25, 0.3) is 0 Å². The van der Waals surface area contributed by atoms with Gasteiger partial charge >= 0.3 is 12.6 Å². The summed E-state index contributed by atoms with van der Waals surface area (Å²) in [7, 11) is 0. The highest BCUT2D eigenvalue weighted by Crippen LogP contribution is 2.20. The average Bonchev–Trinajstić information content (AvgIpc) is 2.94. The van der Waals surface area contributed by atoms with Crippen LogP contribution in [-0.2, 0) is 0 Å². The molecule has 2 amide bonds. The molecule has 126 valence electrons. The molecule has 0 saturated heterocycles. The minimum Gasteiger partial charge on any atom is -0.435 e. The van der Waals surface area contributed by atoms with E-state index in [1.54, 1.807) is 19.1 Å². The normalized spacial score (nSPS) is 21.3. The highest BCUT2D eigenvalue weighted by atomic mass is 19.3. The third-order valence-electron chi connectivity index (χ3n) is 3.68. The lowest BCUT2D eigenvalue weighted by Crippen LogP contribution is -2.41. The summed E-state index contributed by atoms with van der Waals surface area (Å²) in [6.07, 6.45) is 4.43. The molecule has 0 aliphatic heterocycles. The van der Waals surface area contributed by atoms with Gasteiger partial charge < -0.3 is 20.5 Å². The van der Waals surface area contributed by atoms with Gasteiger partial charge in [0.2, 0.25) is 0 Å². The topological polar surface area (TPSA) is 70.6 Å². The third kappa shape index (κ3) is 5.21. The van der Waals surface area contributed by atoms with Crippen molar-refractivity contribution in [1.82, 2.24) is 10.6 Å². The molecule has 3 N–H and O–H groups in total. The maximum atomic E-state index is 12.1. The van der Waals surface area contributed by atoms with Gasteiger partial charge in [-0.15, -0.1) is 0 Å². The summed E-state index contributed by atoms with van der Waals surface area (Å²) >= 11 is 0. The molecular formula is C16H20F2N2O3. The Morgan fingerprint density at radius 1 is 1.35 bits per heavy atom. The van der Waals surface area contributed by atoms with Crippen molar-refractivity contribution in [2.45, 2.75) is 32.0 Å². The van der Waals surface area contributed by atoms with E-state index < -0.39 is 6.61 Å². The van der Waals surface area contributed by atoms with Gasteiger partial charge in [0, 0.05) is 18.6 Å². The highest BCUT2D eigenvalue weighted by Gasteiger charge is 2.20. The van der Waals surface area contributed by atoms with E-state index in [1.165, 1.54) is 12.1 Å². The first kappa shape index (κ1) is 17.2. The summed E-state index contributed by atoms with van der Waals surface area (Å²) in [5.41, 5.74) is 0.775. The number of rotatable bonds is 6. The second kappa shape index (κ2) is 7.92. The van der Waals surface area contributed by atoms with Crippen molar-refractivity contribution >= 4 is 6.03 Å². The molecule has 1 aromatic rings. The van der Waals surface area contributed by atoms with E-state index in [0.29, 0.717) is 6.42 Å². The number of ether oxygens (including phenoxy) is 1. The molecule has 7 heteroatoms. The van der Waals surface area contributed by atoms with Crippen LogP contribution >= 0.6 is 0 Å². The fraction of sp³-hybridized carbons (Fsp3) is 0.438. The van der Waals surface area contributed by atoms with Crippen LogP contribution < -0.4 is 15.4 Å². The van der Waals surface area contributed by atoms with Crippen LogP contribution in [0.15, 0.2) is 36.4 Å². The van der Waals surface area contributed by atoms with Gasteiger partial charge in [-0.1, -0.05) is 24.3 Å². The van der Waals surface area contributed by atoms with Gasteiger partial charge in [0.25, 0.3) is 0 Å². The maximum Gasteiger partial charge on any atom is 0.387 e. The van der Waals surface area contributed by atoms with Crippen LogP contribution in [0.1, 0.15) is 24.9 Å². The number of carbonyl (C=O) groups is 1. The molecule has 23 heavy (non-hydrogen) atoms. The molecule has 0 bridgehead atoms. The van der Waals surface area contributed by atoms with Crippen LogP contribution in [0.3, 0.4) is 0 Å². The van der Waals surface area contributed by atoms with Gasteiger partial charge in [-0.3, -0.25) is 0 Å². The lowest BCUT2D eigenvalue weighted by Gasteiger charge is -2.18. The Hall–Kier alpha value is -2.15. The van der Waals surface area contributed by atoms with Gasteiger partial charge in [-0.05, 0) is 31.0 Å². The number of amides is 2. The van der Waals surface area contributed by atoms with E-state index in [2.05, 4.69) is 15.4 Å². The summed E-state index contributed by atoms with van der Waals surface area (Å²) in [6, 6.07) is 5.42. The molecule has 0 spiro atoms. The molecule has 0 fully saturated rings. The third-order valence-corrected chi connectivity index (χ3v) is 3.68. The van der Waals surface area contributed by atoms with E-state index in [9.17, 15) is 13.6 Å². The summed E-state index contributed by atoms with van der Waals surface area (Å²) in [5, 5.41) is 14.6. The zero-order chi connectivity index (χ0) is 16.8. The highest BCUT2D eigenvalue weighted by molar-refractivity contribution is 5.75. The quantitative estimate of drug-likeness (QED) is 0.704. The first-order valence-electron chi connectivity index (χ1n) is 7.39. The predicted molar refractivity (Wildman–Crippen MR) is 81.3 cm³/mol. The van der Waals surface area contributed by atoms with Crippen LogP contribution in [-0.4, -0.2) is 30.4 Å². The number of carbonyl (C=O) groups excluding carboxylic acids is 1. The van der Waals surface area contributed by atoms with Crippen molar-refractivity contribution in [1.29, 1.82) is 0 Å². The first-order chi connectivity index (χ1) is 11.0. The Morgan fingerprint density at radius 3 is 2.61 bits per heavy atom. The lowest BCUT2D eigenvalue weighted by atomic mass is 10.1. The molecular weight excluding hydrogens is 306 g/mol. The molecule has 1 aliphatic rings. The van der Waals surface area contributed by atoms with Crippen LogP contribution in [0.4, 0.5) is 13.6 Å². The molecule has 1 aromatic carbocycles. The van der Waals surface area contributed by atoms with Gasteiger partial charge in [-0.2, -0.15) is 8.78 Å². The number of halogens is 2. The van der Waals surface area contributed by atoms with Crippen molar-refractivity contribution in [3.05, 3.63) is 42.0 Å². The molecule has 1 aliphatic carbocycles. The van der Waals surface area contributed by atoms with E-state index >= 15 is 0 Å². The number of aliphatic hydroxyl groups excluding tert-OH is 1. The Kier molecular flexibility index (Phi) is 5.92. The summed E-state index contributed by atoms with van der Waals surface area (Å²) in [6.45, 7) is -0.993. The SMILES string of the molecule is CC(NC(=O)N[C@@H]1C=C[C@H](CO)C1)c1ccc(OC(F)F)cc1. The fourth-order valence-corrected chi connectivity index (χ4v) is 2.44. The van der Waals surface area contributed by atoms with Crippen LogP contribution in [0, 0.1) is 5.92 Å². The van der Waals surface area contributed by atoms with E-state index in [0.717, 1.165) is 5.56 Å². The number of hydrogen-bond donors (Lipinski definition) is 3. The van der Waals surface area contributed by atoms with Gasteiger partial charge in [0.1, 0.15) is 5.75 Å². The molecule has 2 rings (SSSR count). The molecule has 0 heterocycles. The molecule has 0 aromatic heterocycles. The van der Waals surface area contributed by atoms with Crippen LogP contribution in [0.5, 0.6) is 5.75 Å². The average molecular weight is 326 g/mol. The minimum absolute atomic E-state index is 0.0692. The van der Waals surface area contributed by atoms with Crippen LogP contribution in [0.2, 0.25) is 0 Å². The molecule has 5 nitrogen and oxygen atoms in total. The minimum atomic E-state index is -2.86. The lowest BCUT2D eigenvalue weighted by molar-refractivity contribution is -0.0498. The molecule has 0 saturated carbocycles. The van der Waals surface area contributed by atoms with Crippen molar-refractivity contribution in [3.63, 3.8) is 0 Å². The standard InChI is InChI=1S/C16H20F2N2O3/c1-10(12-3-6-14(7-4-12)23-15(17)18)19-16(22)20-13-5-2-11(8-13)9-21/h2-7,10-11,13,15,21H,8-9H2,1H3,(H2,19,20,22)/t10?,11-,13+/m0/s1. The summed E-state index contributed by atoms with van der Waals surface area (Å²) in [5.74, 6) is 0.159. The maximum absolute atomic E-state index is 12.1. The number of nitrogens with one attached hydrogen (secondary N) is 2. The van der Waals surface area contributed by atoms with Crippen molar-refractivity contribution in [2.75, 3.05) is 6.61 Å². The first-order valence-corrected chi connectivity index (χ1v) is 7.39. The number of alkyl halides is 2. The van der Waals surface area contributed by atoms with Gasteiger partial charge in [0.15, 0.2) is 0 Å².